The average Bonchev–Trinajstić information content (AvgIpc) is 2.50. The molecule has 1 aliphatic rings. The lowest BCUT2D eigenvalue weighted by atomic mass is 10.0. The third-order valence-electron chi connectivity index (χ3n) is 3.88. The van der Waals surface area contributed by atoms with Gasteiger partial charge in [0.2, 0.25) is 0 Å². The zero-order valence-electron chi connectivity index (χ0n) is 13.1. The van der Waals surface area contributed by atoms with Gasteiger partial charge in [0.15, 0.2) is 0 Å². The Kier molecular flexibility index (Phi) is 4.21. The Morgan fingerprint density at radius 1 is 1.30 bits per heavy atom. The number of nitrogens with zero attached hydrogens (tertiary/aromatic N) is 3. The van der Waals surface area contributed by atoms with Crippen LogP contribution in [0.3, 0.4) is 0 Å². The Labute approximate surface area is 145 Å². The lowest BCUT2D eigenvalue weighted by molar-refractivity contribution is 0.507. The van der Waals surface area contributed by atoms with Crippen molar-refractivity contribution in [3.8, 4) is 0 Å². The van der Waals surface area contributed by atoms with Gasteiger partial charge in [-0.2, -0.15) is 0 Å². The highest BCUT2D eigenvalue weighted by atomic mass is 35.5. The van der Waals surface area contributed by atoms with Gasteiger partial charge in [0.25, 0.3) is 0 Å². The van der Waals surface area contributed by atoms with E-state index in [4.69, 9.17) is 23.2 Å². The van der Waals surface area contributed by atoms with Crippen LogP contribution in [-0.2, 0) is 0 Å². The Balaban J connectivity index is 2.24. The summed E-state index contributed by atoms with van der Waals surface area (Å²) in [5, 5.41) is 10.7. The second-order valence-corrected chi connectivity index (χ2v) is 6.61. The molecule has 0 unspecified atom stereocenters. The van der Waals surface area contributed by atoms with Crippen molar-refractivity contribution in [1.82, 2.24) is 9.97 Å². The first-order chi connectivity index (χ1) is 10.9. The molecule has 6 heteroatoms. The fourth-order valence-electron chi connectivity index (χ4n) is 2.77. The van der Waals surface area contributed by atoms with Crippen molar-refractivity contribution in [2.24, 2.45) is 0 Å². The molecule has 2 aromatic heterocycles. The van der Waals surface area contributed by atoms with Crippen LogP contribution >= 0.6 is 23.2 Å². The van der Waals surface area contributed by atoms with Crippen molar-refractivity contribution in [3.05, 3.63) is 51.4 Å². The van der Waals surface area contributed by atoms with E-state index in [1.807, 2.05) is 24.1 Å². The molecule has 0 fully saturated rings. The van der Waals surface area contributed by atoms with Crippen LogP contribution in [0.1, 0.15) is 36.6 Å². The molecule has 0 saturated carbocycles. The molecular weight excluding hydrogens is 333 g/mol. The number of rotatable bonds is 2. The molecule has 0 spiro atoms. The van der Waals surface area contributed by atoms with E-state index in [2.05, 4.69) is 23.8 Å². The first kappa shape index (κ1) is 16.1. The summed E-state index contributed by atoms with van der Waals surface area (Å²) in [4.78, 5) is 11.0. The topological polar surface area (TPSA) is 49.2 Å². The number of anilines is 2. The van der Waals surface area contributed by atoms with E-state index < -0.39 is 0 Å². The molecule has 0 radical (unpaired) electrons. The Hall–Kier alpha value is -1.78. The molecule has 0 atom stereocenters. The molecule has 0 saturated heterocycles. The van der Waals surface area contributed by atoms with Crippen molar-refractivity contribution in [3.63, 3.8) is 0 Å². The summed E-state index contributed by atoms with van der Waals surface area (Å²) >= 11 is 12.2. The van der Waals surface area contributed by atoms with E-state index in [1.165, 1.54) is 0 Å². The molecule has 0 amide bonds. The van der Waals surface area contributed by atoms with E-state index in [9.17, 15) is 5.11 Å². The van der Waals surface area contributed by atoms with Crippen molar-refractivity contribution in [2.45, 2.75) is 26.7 Å². The Morgan fingerprint density at radius 2 is 2.04 bits per heavy atom. The largest absolute Gasteiger partial charge is 0.507 e. The normalized spacial score (nSPS) is 14.0. The molecule has 23 heavy (non-hydrogen) atoms. The number of halogens is 2. The predicted octanol–water partition coefficient (Wildman–Crippen LogP) is 5.27. The van der Waals surface area contributed by atoms with Crippen molar-refractivity contribution >= 4 is 40.5 Å². The highest BCUT2D eigenvalue weighted by Gasteiger charge is 2.26. The molecule has 0 aliphatic carbocycles. The molecule has 0 bridgehead atoms. The SMILES string of the molecule is Cc1ccnc(C(C)C)c1N1CC=C(O)c2cc(Cl)c(Cl)nc21. The van der Waals surface area contributed by atoms with Crippen LogP contribution in [0.25, 0.3) is 5.76 Å². The fraction of sp³-hybridized carbons (Fsp3) is 0.294. The van der Waals surface area contributed by atoms with Crippen LogP contribution in [0.15, 0.2) is 24.4 Å². The number of aliphatic hydroxyl groups excluding tert-OH is 1. The number of aromatic nitrogens is 2. The third-order valence-corrected chi connectivity index (χ3v) is 4.56. The average molecular weight is 350 g/mol. The molecule has 120 valence electrons. The second kappa shape index (κ2) is 6.02. The van der Waals surface area contributed by atoms with E-state index in [-0.39, 0.29) is 16.8 Å². The maximum Gasteiger partial charge on any atom is 0.150 e. The summed E-state index contributed by atoms with van der Waals surface area (Å²) in [7, 11) is 0. The Bertz CT molecular complexity index is 803. The summed E-state index contributed by atoms with van der Waals surface area (Å²) in [6.45, 7) is 6.74. The van der Waals surface area contributed by atoms with Crippen LogP contribution in [-0.4, -0.2) is 21.6 Å². The maximum atomic E-state index is 10.2. The van der Waals surface area contributed by atoms with Crippen molar-refractivity contribution in [2.75, 3.05) is 11.4 Å². The van der Waals surface area contributed by atoms with Gasteiger partial charge >= 0.3 is 0 Å². The van der Waals surface area contributed by atoms with Gasteiger partial charge in [-0.1, -0.05) is 37.0 Å². The van der Waals surface area contributed by atoms with Crippen LogP contribution in [0, 0.1) is 6.92 Å². The number of aryl methyl sites for hydroxylation is 1. The quantitative estimate of drug-likeness (QED) is 0.750. The van der Waals surface area contributed by atoms with Crippen molar-refractivity contribution in [1.29, 1.82) is 0 Å². The van der Waals surface area contributed by atoms with Gasteiger partial charge in [0, 0.05) is 12.7 Å². The zero-order valence-corrected chi connectivity index (χ0v) is 14.7. The minimum Gasteiger partial charge on any atom is -0.507 e. The molecule has 0 aromatic carbocycles. The Morgan fingerprint density at radius 3 is 2.74 bits per heavy atom. The number of fused-ring (bicyclic) bond motifs is 1. The van der Waals surface area contributed by atoms with Crippen LogP contribution in [0.2, 0.25) is 10.2 Å². The standard InChI is InChI=1S/C17H17Cl2N3O/c1-9(2)14-15(10(3)4-6-20-14)22-7-5-13(23)11-8-12(18)16(19)21-17(11)22/h4-6,8-9,23H,7H2,1-3H3. The molecule has 1 N–H and O–H groups in total. The highest BCUT2D eigenvalue weighted by Crippen LogP contribution is 2.40. The van der Waals surface area contributed by atoms with Crippen LogP contribution < -0.4 is 4.90 Å². The van der Waals surface area contributed by atoms with E-state index >= 15 is 0 Å². The monoisotopic (exact) mass is 349 g/mol. The van der Waals surface area contributed by atoms with Gasteiger partial charge in [-0.3, -0.25) is 4.98 Å². The van der Waals surface area contributed by atoms with Gasteiger partial charge in [-0.15, -0.1) is 0 Å². The maximum absolute atomic E-state index is 10.2. The van der Waals surface area contributed by atoms with E-state index in [1.54, 1.807) is 12.1 Å². The van der Waals surface area contributed by atoms with Crippen LogP contribution in [0.5, 0.6) is 0 Å². The number of hydrogen-bond donors (Lipinski definition) is 1. The number of aliphatic hydroxyl groups is 1. The molecule has 1 aliphatic heterocycles. The fourth-order valence-corrected chi connectivity index (χ4v) is 3.05. The summed E-state index contributed by atoms with van der Waals surface area (Å²) in [5.74, 6) is 1.02. The molecular formula is C17H17Cl2N3O. The second-order valence-electron chi connectivity index (χ2n) is 5.85. The first-order valence-corrected chi connectivity index (χ1v) is 8.14. The van der Waals surface area contributed by atoms with Gasteiger partial charge in [0.1, 0.15) is 16.7 Å². The van der Waals surface area contributed by atoms with Gasteiger partial charge in [0.05, 0.1) is 22.0 Å². The van der Waals surface area contributed by atoms with Gasteiger partial charge in [-0.05, 0) is 36.6 Å². The lowest BCUT2D eigenvalue weighted by Gasteiger charge is -2.31. The summed E-state index contributed by atoms with van der Waals surface area (Å²) in [6.07, 6.45) is 3.55. The highest BCUT2D eigenvalue weighted by molar-refractivity contribution is 6.41. The smallest absolute Gasteiger partial charge is 0.150 e. The summed E-state index contributed by atoms with van der Waals surface area (Å²) < 4.78 is 0. The number of hydrogen-bond acceptors (Lipinski definition) is 4. The van der Waals surface area contributed by atoms with E-state index in [0.29, 0.717) is 22.9 Å². The summed E-state index contributed by atoms with van der Waals surface area (Å²) in [6, 6.07) is 3.61. The molecule has 3 rings (SSSR count). The summed E-state index contributed by atoms with van der Waals surface area (Å²) in [5.41, 5.74) is 3.65. The van der Waals surface area contributed by atoms with Crippen LogP contribution in [0.4, 0.5) is 11.5 Å². The zero-order chi connectivity index (χ0) is 16.7. The lowest BCUT2D eigenvalue weighted by Crippen LogP contribution is -2.26. The van der Waals surface area contributed by atoms with Gasteiger partial charge in [-0.25, -0.2) is 4.98 Å². The van der Waals surface area contributed by atoms with Crippen molar-refractivity contribution < 1.29 is 5.11 Å². The predicted molar refractivity (Wildman–Crippen MR) is 94.9 cm³/mol. The molecule has 2 aromatic rings. The molecule has 4 nitrogen and oxygen atoms in total. The minimum atomic E-state index is 0.162. The van der Waals surface area contributed by atoms with E-state index in [0.717, 1.165) is 16.9 Å². The minimum absolute atomic E-state index is 0.162. The molecule has 3 heterocycles. The number of pyridine rings is 2. The third kappa shape index (κ3) is 2.77. The first-order valence-electron chi connectivity index (χ1n) is 7.38. The van der Waals surface area contributed by atoms with Gasteiger partial charge < -0.3 is 10.0 Å².